The summed E-state index contributed by atoms with van der Waals surface area (Å²) in [6, 6.07) is 9.90. The van der Waals surface area contributed by atoms with Gasteiger partial charge in [-0.1, -0.05) is 24.3 Å². The minimum atomic E-state index is -0.0891. The Hall–Kier alpha value is -2.23. The highest BCUT2D eigenvalue weighted by Gasteiger charge is 2.26. The molecule has 0 spiro atoms. The van der Waals surface area contributed by atoms with Crippen molar-refractivity contribution >= 4 is 11.9 Å². The van der Waals surface area contributed by atoms with Crippen molar-refractivity contribution in [3.8, 4) is 0 Å². The first-order valence-electron chi connectivity index (χ1n) is 6.50. The maximum absolute atomic E-state index is 12.3. The normalized spacial score (nSPS) is 17.6. The van der Waals surface area contributed by atoms with Crippen molar-refractivity contribution in [1.82, 2.24) is 9.97 Å². The summed E-state index contributed by atoms with van der Waals surface area (Å²) in [6.45, 7) is 0. The van der Waals surface area contributed by atoms with Crippen molar-refractivity contribution in [3.63, 3.8) is 0 Å². The van der Waals surface area contributed by atoms with Gasteiger partial charge in [0.1, 0.15) is 0 Å². The number of rotatable bonds is 2. The Morgan fingerprint density at radius 3 is 2.79 bits per heavy atom. The predicted molar refractivity (Wildman–Crippen MR) is 72.8 cm³/mol. The topological polar surface area (TPSA) is 54.9 Å². The lowest BCUT2D eigenvalue weighted by Crippen LogP contribution is -2.25. The Balaban J connectivity index is 1.82. The van der Waals surface area contributed by atoms with Gasteiger partial charge >= 0.3 is 0 Å². The molecule has 1 aliphatic rings. The molecule has 0 bridgehead atoms. The van der Waals surface area contributed by atoms with Crippen LogP contribution in [0.5, 0.6) is 0 Å². The van der Waals surface area contributed by atoms with Gasteiger partial charge in [-0.15, -0.1) is 0 Å². The van der Waals surface area contributed by atoms with Gasteiger partial charge in [-0.3, -0.25) is 10.1 Å². The maximum atomic E-state index is 12.3. The number of nitrogens with zero attached hydrogens (tertiary/aromatic N) is 2. The Labute approximate surface area is 111 Å². The number of carbonyl (C=O) groups is 1. The van der Waals surface area contributed by atoms with Gasteiger partial charge in [0.2, 0.25) is 11.9 Å². The molecule has 1 N–H and O–H groups in total. The van der Waals surface area contributed by atoms with E-state index in [9.17, 15) is 4.79 Å². The third-order valence-electron chi connectivity index (χ3n) is 3.49. The molecule has 4 nitrogen and oxygen atoms in total. The Morgan fingerprint density at radius 2 is 1.95 bits per heavy atom. The van der Waals surface area contributed by atoms with Gasteiger partial charge in [0.05, 0.1) is 5.92 Å². The Morgan fingerprint density at radius 1 is 1.16 bits per heavy atom. The number of nitrogens with one attached hydrogen (secondary N) is 1. The molecule has 0 saturated heterocycles. The second-order valence-electron chi connectivity index (χ2n) is 4.71. The van der Waals surface area contributed by atoms with E-state index in [0.717, 1.165) is 24.8 Å². The number of aromatic nitrogens is 2. The maximum Gasteiger partial charge on any atom is 0.234 e. The number of anilines is 1. The molecule has 0 saturated carbocycles. The first-order chi connectivity index (χ1) is 9.34. The number of aryl methyl sites for hydroxylation is 1. The summed E-state index contributed by atoms with van der Waals surface area (Å²) in [5.74, 6) is 0.266. The minimum absolute atomic E-state index is 0.0154. The lowest BCUT2D eigenvalue weighted by Gasteiger charge is -2.24. The van der Waals surface area contributed by atoms with E-state index in [4.69, 9.17) is 0 Å². The molecule has 1 heterocycles. The van der Waals surface area contributed by atoms with E-state index >= 15 is 0 Å². The minimum Gasteiger partial charge on any atom is -0.294 e. The van der Waals surface area contributed by atoms with Gasteiger partial charge in [0, 0.05) is 12.4 Å². The van der Waals surface area contributed by atoms with Gasteiger partial charge in [0.25, 0.3) is 0 Å². The largest absolute Gasteiger partial charge is 0.294 e. The van der Waals surface area contributed by atoms with Crippen molar-refractivity contribution in [2.24, 2.45) is 0 Å². The monoisotopic (exact) mass is 253 g/mol. The smallest absolute Gasteiger partial charge is 0.234 e. The van der Waals surface area contributed by atoms with Crippen LogP contribution in [0.3, 0.4) is 0 Å². The van der Waals surface area contributed by atoms with Crippen LogP contribution >= 0.6 is 0 Å². The Kier molecular flexibility index (Phi) is 3.23. The number of amides is 1. The highest BCUT2D eigenvalue weighted by Crippen LogP contribution is 2.32. The zero-order valence-electron chi connectivity index (χ0n) is 10.5. The SMILES string of the molecule is O=C(Nc1ncccn1)C1CCCc2ccccc21. The number of carbonyl (C=O) groups excluding carboxylic acids is 1. The standard InChI is InChI=1S/C15H15N3O/c19-14(18-15-16-9-4-10-17-15)13-8-3-6-11-5-1-2-7-12(11)13/h1-2,4-5,7,9-10,13H,3,6,8H2,(H,16,17,18,19). The van der Waals surface area contributed by atoms with Crippen LogP contribution < -0.4 is 5.32 Å². The first-order valence-corrected chi connectivity index (χ1v) is 6.50. The van der Waals surface area contributed by atoms with Gasteiger partial charge < -0.3 is 0 Å². The second-order valence-corrected chi connectivity index (χ2v) is 4.71. The molecular formula is C15H15N3O. The lowest BCUT2D eigenvalue weighted by atomic mass is 9.82. The number of hydrogen-bond donors (Lipinski definition) is 1. The summed E-state index contributed by atoms with van der Waals surface area (Å²) in [4.78, 5) is 20.4. The molecule has 96 valence electrons. The number of fused-ring (bicyclic) bond motifs is 1. The molecule has 4 heteroatoms. The molecule has 1 aromatic heterocycles. The van der Waals surface area contributed by atoms with Crippen LogP contribution in [0.25, 0.3) is 0 Å². The van der Waals surface area contributed by atoms with Gasteiger partial charge in [0.15, 0.2) is 0 Å². The summed E-state index contributed by atoms with van der Waals surface area (Å²) in [6.07, 6.45) is 6.23. The van der Waals surface area contributed by atoms with E-state index in [1.54, 1.807) is 18.5 Å². The van der Waals surface area contributed by atoms with Crippen molar-refractivity contribution < 1.29 is 4.79 Å². The van der Waals surface area contributed by atoms with E-state index in [0.29, 0.717) is 5.95 Å². The van der Waals surface area contributed by atoms with Crippen LogP contribution in [0.2, 0.25) is 0 Å². The van der Waals surface area contributed by atoms with E-state index in [-0.39, 0.29) is 11.8 Å². The molecule has 19 heavy (non-hydrogen) atoms. The molecule has 1 unspecified atom stereocenters. The zero-order valence-corrected chi connectivity index (χ0v) is 10.5. The summed E-state index contributed by atoms with van der Waals surface area (Å²) in [5, 5.41) is 2.79. The van der Waals surface area contributed by atoms with Gasteiger partial charge in [-0.25, -0.2) is 9.97 Å². The summed E-state index contributed by atoms with van der Waals surface area (Å²) in [5.41, 5.74) is 2.42. The molecule has 1 atom stereocenters. The van der Waals surface area contributed by atoms with Crippen LogP contribution in [0.15, 0.2) is 42.7 Å². The fourth-order valence-electron chi connectivity index (χ4n) is 2.59. The fourth-order valence-corrected chi connectivity index (χ4v) is 2.59. The molecule has 0 radical (unpaired) electrons. The molecule has 1 aliphatic carbocycles. The van der Waals surface area contributed by atoms with Crippen LogP contribution in [0, 0.1) is 0 Å². The zero-order chi connectivity index (χ0) is 13.1. The molecule has 1 amide bonds. The summed E-state index contributed by atoms with van der Waals surface area (Å²) >= 11 is 0. The summed E-state index contributed by atoms with van der Waals surface area (Å²) < 4.78 is 0. The van der Waals surface area contributed by atoms with E-state index < -0.39 is 0 Å². The van der Waals surface area contributed by atoms with Crippen LogP contribution in [-0.2, 0) is 11.2 Å². The highest BCUT2D eigenvalue weighted by molar-refractivity contribution is 5.94. The Bertz CT molecular complexity index is 583. The molecule has 0 fully saturated rings. The number of benzene rings is 1. The molecule has 2 aromatic rings. The van der Waals surface area contributed by atoms with Crippen LogP contribution in [-0.4, -0.2) is 15.9 Å². The van der Waals surface area contributed by atoms with Crippen LogP contribution in [0.4, 0.5) is 5.95 Å². The van der Waals surface area contributed by atoms with Crippen molar-refractivity contribution in [1.29, 1.82) is 0 Å². The van der Waals surface area contributed by atoms with Crippen molar-refractivity contribution in [3.05, 3.63) is 53.9 Å². The van der Waals surface area contributed by atoms with Crippen molar-refractivity contribution in [2.45, 2.75) is 25.2 Å². The molecule has 0 aliphatic heterocycles. The molecule has 1 aromatic carbocycles. The summed E-state index contributed by atoms with van der Waals surface area (Å²) in [7, 11) is 0. The quantitative estimate of drug-likeness (QED) is 0.894. The average molecular weight is 253 g/mol. The fraction of sp³-hybridized carbons (Fsp3) is 0.267. The van der Waals surface area contributed by atoms with Gasteiger partial charge in [-0.2, -0.15) is 0 Å². The number of hydrogen-bond acceptors (Lipinski definition) is 3. The van der Waals surface area contributed by atoms with E-state index in [1.165, 1.54) is 5.56 Å². The van der Waals surface area contributed by atoms with E-state index in [1.807, 2.05) is 18.2 Å². The van der Waals surface area contributed by atoms with Gasteiger partial charge in [-0.05, 0) is 36.5 Å². The molecule has 3 rings (SSSR count). The highest BCUT2D eigenvalue weighted by atomic mass is 16.2. The second kappa shape index (κ2) is 5.18. The van der Waals surface area contributed by atoms with Crippen molar-refractivity contribution in [2.75, 3.05) is 5.32 Å². The van der Waals surface area contributed by atoms with Crippen LogP contribution in [0.1, 0.15) is 29.9 Å². The predicted octanol–water partition coefficient (Wildman–Crippen LogP) is 2.54. The third-order valence-corrected chi connectivity index (χ3v) is 3.49. The first kappa shape index (κ1) is 11.8. The lowest BCUT2D eigenvalue weighted by molar-refractivity contribution is -0.117. The van der Waals surface area contributed by atoms with E-state index in [2.05, 4.69) is 21.4 Å². The third kappa shape index (κ3) is 2.47. The molecular weight excluding hydrogens is 238 g/mol. The average Bonchev–Trinajstić information content (AvgIpc) is 2.47.